The first-order valence-electron chi connectivity index (χ1n) is 4.34. The quantitative estimate of drug-likeness (QED) is 0.437. The first kappa shape index (κ1) is 11.3. The first-order chi connectivity index (χ1) is 5.95. The van der Waals surface area contributed by atoms with Gasteiger partial charge in [0.2, 0.25) is 0 Å². The van der Waals surface area contributed by atoms with Gasteiger partial charge in [0.05, 0.1) is 6.33 Å². The van der Waals surface area contributed by atoms with Crippen LogP contribution >= 0.6 is 0 Å². The van der Waals surface area contributed by atoms with Crippen molar-refractivity contribution in [3.63, 3.8) is 0 Å². The molecule has 1 aliphatic carbocycles. The summed E-state index contributed by atoms with van der Waals surface area (Å²) in [7, 11) is 0. The molecule has 0 N–H and O–H groups in total. The molecule has 4 heteroatoms. The van der Waals surface area contributed by atoms with Crippen LogP contribution < -0.4 is 9.55 Å². The molecule has 1 aromatic rings. The van der Waals surface area contributed by atoms with Gasteiger partial charge in [0.15, 0.2) is 0 Å². The number of ether oxygens (including phenoxy) is 1. The van der Waals surface area contributed by atoms with E-state index in [1.165, 1.54) is 19.4 Å². The van der Waals surface area contributed by atoms with Crippen LogP contribution in [-0.4, -0.2) is 6.61 Å². The molecule has 0 atom stereocenters. The van der Waals surface area contributed by atoms with E-state index in [1.807, 2.05) is 18.7 Å². The monoisotopic (exact) mass is 254 g/mol. The van der Waals surface area contributed by atoms with E-state index in [4.69, 9.17) is 0 Å². The summed E-state index contributed by atoms with van der Waals surface area (Å²) in [5.74, 6) is 0.958. The number of rotatable bonds is 2. The van der Waals surface area contributed by atoms with Crippen LogP contribution in [0.15, 0.2) is 18.7 Å². The van der Waals surface area contributed by atoms with Gasteiger partial charge < -0.3 is 9.30 Å². The molecule has 1 radical (unpaired) electrons. The number of imidazole rings is 1. The number of hydrogen-bond acceptors (Lipinski definition) is 1. The molecule has 2 fully saturated rings. The summed E-state index contributed by atoms with van der Waals surface area (Å²) in [6.45, 7) is 3.81. The number of epoxide rings is 1. The van der Waals surface area contributed by atoms with E-state index >= 15 is 0 Å². The SMILES string of the molecule is [CH-]1CO1.[Y].c1c[n+](CC2CC2)c[n-]1. The van der Waals surface area contributed by atoms with Crippen LogP contribution in [0.4, 0.5) is 0 Å². The van der Waals surface area contributed by atoms with Crippen molar-refractivity contribution in [1.82, 2.24) is 4.98 Å². The minimum atomic E-state index is 0. The van der Waals surface area contributed by atoms with Gasteiger partial charge in [-0.15, -0.1) is 0 Å². The number of nitrogens with zero attached hydrogens (tertiary/aromatic N) is 2. The molecule has 0 bridgehead atoms. The van der Waals surface area contributed by atoms with Gasteiger partial charge in [0.25, 0.3) is 0 Å². The number of hydrogen-bond donors (Lipinski definition) is 0. The van der Waals surface area contributed by atoms with Gasteiger partial charge in [-0.05, 0) is 18.8 Å². The van der Waals surface area contributed by atoms with E-state index in [0.717, 1.165) is 12.5 Å². The molecule has 1 saturated heterocycles. The van der Waals surface area contributed by atoms with Crippen LogP contribution in [-0.2, 0) is 44.0 Å². The molecule has 13 heavy (non-hydrogen) atoms. The van der Waals surface area contributed by atoms with E-state index in [-0.39, 0.29) is 32.7 Å². The minimum Gasteiger partial charge on any atom is -0.574 e. The summed E-state index contributed by atoms with van der Waals surface area (Å²) in [6, 6.07) is 0. The second kappa shape index (κ2) is 5.89. The van der Waals surface area contributed by atoms with Crippen molar-refractivity contribution in [2.75, 3.05) is 6.61 Å². The molecular weight excluding hydrogens is 241 g/mol. The summed E-state index contributed by atoms with van der Waals surface area (Å²) in [5, 5.41) is 0. The van der Waals surface area contributed by atoms with Crippen LogP contribution in [0.3, 0.4) is 0 Å². The molecule has 69 valence electrons. The van der Waals surface area contributed by atoms with Crippen LogP contribution in [0.25, 0.3) is 0 Å². The summed E-state index contributed by atoms with van der Waals surface area (Å²) in [4.78, 5) is 3.97. The predicted octanol–water partition coefficient (Wildman–Crippen LogP) is 0.517. The zero-order valence-electron chi connectivity index (χ0n) is 7.60. The Morgan fingerprint density at radius 1 is 1.54 bits per heavy atom. The molecule has 1 aromatic heterocycles. The fourth-order valence-corrected chi connectivity index (χ4v) is 0.993. The zero-order chi connectivity index (χ0) is 8.23. The predicted molar refractivity (Wildman–Crippen MR) is 42.9 cm³/mol. The second-order valence-corrected chi connectivity index (χ2v) is 3.20. The molecule has 0 unspecified atom stereocenters. The van der Waals surface area contributed by atoms with Crippen molar-refractivity contribution < 1.29 is 42.0 Å². The van der Waals surface area contributed by atoms with Gasteiger partial charge in [0.1, 0.15) is 0 Å². The largest absolute Gasteiger partial charge is 0.574 e. The summed E-state index contributed by atoms with van der Waals surface area (Å²) in [5.41, 5.74) is 0. The van der Waals surface area contributed by atoms with Gasteiger partial charge >= 0.3 is 0 Å². The summed E-state index contributed by atoms with van der Waals surface area (Å²) in [6.07, 6.45) is 8.58. The third-order valence-electron chi connectivity index (χ3n) is 1.89. The van der Waals surface area contributed by atoms with Gasteiger partial charge in [-0.25, -0.2) is 4.98 Å². The Balaban J connectivity index is 0.000000182. The maximum absolute atomic E-state index is 4.38. The van der Waals surface area contributed by atoms with E-state index in [9.17, 15) is 0 Å². The molecule has 2 aliphatic rings. The van der Waals surface area contributed by atoms with Gasteiger partial charge in [-0.3, -0.25) is 0 Å². The average molecular weight is 254 g/mol. The maximum atomic E-state index is 4.38. The topological polar surface area (TPSA) is 30.5 Å². The molecule has 3 nitrogen and oxygen atoms in total. The molecule has 1 saturated carbocycles. The van der Waals surface area contributed by atoms with E-state index in [0.29, 0.717) is 0 Å². The van der Waals surface area contributed by atoms with Gasteiger partial charge in [-0.2, -0.15) is 6.61 Å². The third kappa shape index (κ3) is 5.55. The maximum Gasteiger partial charge on any atom is 0.0945 e. The Morgan fingerprint density at radius 2 is 2.23 bits per heavy atom. The Kier molecular flexibility index (Phi) is 5.14. The summed E-state index contributed by atoms with van der Waals surface area (Å²) >= 11 is 0. The molecule has 2 heterocycles. The van der Waals surface area contributed by atoms with E-state index in [1.54, 1.807) is 6.61 Å². The van der Waals surface area contributed by atoms with Crippen LogP contribution in [0.5, 0.6) is 0 Å². The molecule has 3 rings (SSSR count). The average Bonchev–Trinajstić information content (AvgIpc) is 2.92. The molecule has 0 spiro atoms. The molecule has 1 aliphatic heterocycles. The van der Waals surface area contributed by atoms with Crippen molar-refractivity contribution >= 4 is 0 Å². The number of aromatic nitrogens is 2. The second-order valence-electron chi connectivity index (χ2n) is 3.20. The van der Waals surface area contributed by atoms with E-state index in [2.05, 4.69) is 14.3 Å². The fourth-order valence-electron chi connectivity index (χ4n) is 0.993. The Hall–Kier alpha value is 0.274. The normalized spacial score (nSPS) is 18.2. The molecular formula is C9H13N2OY-. The van der Waals surface area contributed by atoms with Gasteiger partial charge in [-0.1, -0.05) is 6.61 Å². The van der Waals surface area contributed by atoms with Crippen molar-refractivity contribution in [2.45, 2.75) is 19.4 Å². The minimum absolute atomic E-state index is 0. The summed E-state index contributed by atoms with van der Waals surface area (Å²) < 4.78 is 6.53. The van der Waals surface area contributed by atoms with Crippen LogP contribution in [0, 0.1) is 12.5 Å². The van der Waals surface area contributed by atoms with Crippen molar-refractivity contribution in [3.8, 4) is 0 Å². The Morgan fingerprint density at radius 3 is 2.62 bits per heavy atom. The van der Waals surface area contributed by atoms with Gasteiger partial charge in [0, 0.05) is 51.6 Å². The standard InChI is InChI=1S/C7H10N2.C2H3O.Y/c1-2-7(1)5-9-4-3-8-6-9;1-2-3-1;/h3-4,6-7H,1-2,5H2;1H,2H2;/q;-1;. The van der Waals surface area contributed by atoms with Crippen molar-refractivity contribution in [3.05, 3.63) is 25.3 Å². The Labute approximate surface area is 104 Å². The molecule has 0 aromatic carbocycles. The van der Waals surface area contributed by atoms with Crippen LogP contribution in [0.2, 0.25) is 0 Å². The molecule has 0 amide bonds. The smallest absolute Gasteiger partial charge is 0.0945 e. The van der Waals surface area contributed by atoms with Crippen molar-refractivity contribution in [1.29, 1.82) is 0 Å². The third-order valence-corrected chi connectivity index (χ3v) is 1.89. The van der Waals surface area contributed by atoms with E-state index < -0.39 is 0 Å². The fraction of sp³-hybridized carbons (Fsp3) is 0.556. The first-order valence-corrected chi connectivity index (χ1v) is 4.34. The van der Waals surface area contributed by atoms with Crippen LogP contribution in [0.1, 0.15) is 12.8 Å². The zero-order valence-corrected chi connectivity index (χ0v) is 10.4. The Bertz CT molecular complexity index is 217. The van der Waals surface area contributed by atoms with Crippen molar-refractivity contribution in [2.24, 2.45) is 5.92 Å².